The van der Waals surface area contributed by atoms with Gasteiger partial charge in [0.15, 0.2) is 15.8 Å². The van der Waals surface area contributed by atoms with E-state index in [0.717, 1.165) is 25.9 Å². The van der Waals surface area contributed by atoms with Crippen LogP contribution >= 0.6 is 23.1 Å². The van der Waals surface area contributed by atoms with Crippen LogP contribution in [0.1, 0.15) is 33.2 Å². The van der Waals surface area contributed by atoms with E-state index in [2.05, 4.69) is 10.6 Å². The Balaban J connectivity index is 1.17. The molecule has 8 nitrogen and oxygen atoms in total. The molecule has 0 radical (unpaired) electrons. The highest BCUT2D eigenvalue weighted by atomic mass is 32.2. The highest BCUT2D eigenvalue weighted by Crippen LogP contribution is 2.33. The summed E-state index contributed by atoms with van der Waals surface area (Å²) in [5.41, 5.74) is 4.39. The van der Waals surface area contributed by atoms with Crippen LogP contribution in [0.3, 0.4) is 0 Å². The van der Waals surface area contributed by atoms with Gasteiger partial charge in [0.2, 0.25) is 0 Å². The second-order valence-electron chi connectivity index (χ2n) is 9.08. The molecule has 1 heterocycles. The summed E-state index contributed by atoms with van der Waals surface area (Å²) in [5, 5.41) is 5.85. The molecule has 5 aromatic rings. The van der Waals surface area contributed by atoms with Crippen molar-refractivity contribution in [2.24, 2.45) is 0 Å². The van der Waals surface area contributed by atoms with Gasteiger partial charge in [0.05, 0.1) is 31.0 Å². The Hall–Kier alpha value is -4.54. The largest absolute Gasteiger partial charge is 0.494 e. The van der Waals surface area contributed by atoms with Gasteiger partial charge in [0, 0.05) is 28.3 Å². The number of hydrogen-bond acceptors (Lipinski definition) is 8. The predicted molar refractivity (Wildman–Crippen MR) is 169 cm³/mol. The van der Waals surface area contributed by atoms with Gasteiger partial charge in [-0.3, -0.25) is 9.59 Å². The first-order chi connectivity index (χ1) is 20.4. The van der Waals surface area contributed by atoms with E-state index >= 15 is 0 Å². The van der Waals surface area contributed by atoms with E-state index in [1.165, 1.54) is 7.11 Å². The smallest absolute Gasteiger partial charge is 0.255 e. The van der Waals surface area contributed by atoms with Crippen molar-refractivity contribution in [2.45, 2.75) is 17.0 Å². The minimum absolute atomic E-state index is 0.168. The molecule has 5 rings (SSSR count). The van der Waals surface area contributed by atoms with E-state index < -0.39 is 0 Å². The molecule has 4 aromatic carbocycles. The van der Waals surface area contributed by atoms with Gasteiger partial charge < -0.3 is 24.8 Å². The number of amides is 2. The van der Waals surface area contributed by atoms with E-state index in [1.807, 2.05) is 73.7 Å². The first-order valence-corrected chi connectivity index (χ1v) is 15.0. The fourth-order valence-corrected chi connectivity index (χ4v) is 6.19. The lowest BCUT2D eigenvalue weighted by Crippen LogP contribution is -2.12. The van der Waals surface area contributed by atoms with Crippen LogP contribution < -0.4 is 24.8 Å². The predicted octanol–water partition coefficient (Wildman–Crippen LogP) is 7.51. The number of aromatic nitrogens is 1. The molecule has 0 aliphatic carbocycles. The Labute approximate surface area is 252 Å². The third kappa shape index (κ3) is 7.02. The fraction of sp³-hybridized carbons (Fsp3) is 0.156. The number of fused-ring (bicyclic) bond motifs is 1. The second-order valence-corrected chi connectivity index (χ2v) is 11.3. The number of nitrogens with zero attached hydrogens (tertiary/aromatic N) is 1. The van der Waals surface area contributed by atoms with Crippen molar-refractivity contribution in [1.82, 2.24) is 4.98 Å². The van der Waals surface area contributed by atoms with Crippen molar-refractivity contribution in [3.8, 4) is 17.2 Å². The zero-order valence-electron chi connectivity index (χ0n) is 23.3. The molecule has 0 spiro atoms. The zero-order chi connectivity index (χ0) is 29.5. The summed E-state index contributed by atoms with van der Waals surface area (Å²) in [5.74, 6) is 2.12. The van der Waals surface area contributed by atoms with E-state index in [-0.39, 0.29) is 11.8 Å². The fourth-order valence-electron chi connectivity index (χ4n) is 4.13. The van der Waals surface area contributed by atoms with Crippen molar-refractivity contribution in [2.75, 3.05) is 31.5 Å². The number of rotatable bonds is 11. The van der Waals surface area contributed by atoms with Crippen LogP contribution in [0.5, 0.6) is 17.2 Å². The second kappa shape index (κ2) is 13.4. The van der Waals surface area contributed by atoms with E-state index in [4.69, 9.17) is 19.2 Å². The van der Waals surface area contributed by atoms with Crippen molar-refractivity contribution >= 4 is 56.5 Å². The average molecular weight is 600 g/mol. The van der Waals surface area contributed by atoms with Crippen LogP contribution in [-0.2, 0) is 5.75 Å². The lowest BCUT2D eigenvalue weighted by atomic mass is 10.1. The van der Waals surface area contributed by atoms with Gasteiger partial charge in [-0.2, -0.15) is 0 Å². The zero-order valence-corrected chi connectivity index (χ0v) is 24.9. The number of ether oxygens (including phenoxy) is 3. The number of thiazole rings is 1. The molecule has 214 valence electrons. The molecule has 42 heavy (non-hydrogen) atoms. The quantitative estimate of drug-likeness (QED) is 0.152. The Bertz CT molecular complexity index is 1700. The maximum Gasteiger partial charge on any atom is 0.255 e. The van der Waals surface area contributed by atoms with Crippen LogP contribution in [0.4, 0.5) is 11.4 Å². The lowest BCUT2D eigenvalue weighted by molar-refractivity contribution is 0.101. The Kier molecular flexibility index (Phi) is 9.25. The van der Waals surface area contributed by atoms with E-state index in [1.54, 1.807) is 48.4 Å². The van der Waals surface area contributed by atoms with Crippen molar-refractivity contribution in [3.05, 3.63) is 102 Å². The standard InChI is InChI=1S/C32H29N3O5S2/c1-4-40-25-13-10-23(11-14-25)33-30(36)21-7-5-20(6-8-21)19-41-32-35-26-15-12-24(18-29(26)42-32)34-31(37)22-9-16-27(38-2)28(17-22)39-3/h5-18H,4,19H2,1-3H3,(H,33,36)(H,34,37). The third-order valence-corrected chi connectivity index (χ3v) is 8.51. The van der Waals surface area contributed by atoms with Crippen molar-refractivity contribution in [1.29, 1.82) is 0 Å². The Morgan fingerprint density at radius 1 is 0.786 bits per heavy atom. The monoisotopic (exact) mass is 599 g/mol. The summed E-state index contributed by atoms with van der Waals surface area (Å²) < 4.78 is 17.9. The number of carbonyl (C=O) groups is 2. The average Bonchev–Trinajstić information content (AvgIpc) is 3.43. The topological polar surface area (TPSA) is 98.8 Å². The van der Waals surface area contributed by atoms with Crippen molar-refractivity contribution in [3.63, 3.8) is 0 Å². The number of carbonyl (C=O) groups excluding carboxylic acids is 2. The van der Waals surface area contributed by atoms with Crippen molar-refractivity contribution < 1.29 is 23.8 Å². The van der Waals surface area contributed by atoms with Crippen LogP contribution in [0.15, 0.2) is 89.3 Å². The SMILES string of the molecule is CCOc1ccc(NC(=O)c2ccc(CSc3nc4ccc(NC(=O)c5ccc(OC)c(OC)c5)cc4s3)cc2)cc1. The molecular weight excluding hydrogens is 571 g/mol. The summed E-state index contributed by atoms with van der Waals surface area (Å²) >= 11 is 3.20. The molecule has 0 fully saturated rings. The maximum absolute atomic E-state index is 12.8. The molecule has 0 bridgehead atoms. The minimum atomic E-state index is -0.244. The number of benzene rings is 4. The minimum Gasteiger partial charge on any atom is -0.494 e. The van der Waals surface area contributed by atoms with Gasteiger partial charge >= 0.3 is 0 Å². The number of hydrogen-bond donors (Lipinski definition) is 2. The normalized spacial score (nSPS) is 10.7. The van der Waals surface area contributed by atoms with Crippen LogP contribution in [0.25, 0.3) is 10.2 Å². The van der Waals surface area contributed by atoms with Gasteiger partial charge in [0.25, 0.3) is 11.8 Å². The van der Waals surface area contributed by atoms with Gasteiger partial charge in [0.1, 0.15) is 5.75 Å². The third-order valence-electron chi connectivity index (χ3n) is 6.27. The molecule has 1 aromatic heterocycles. The van der Waals surface area contributed by atoms with Crippen LogP contribution in [-0.4, -0.2) is 37.6 Å². The van der Waals surface area contributed by atoms with Crippen LogP contribution in [0.2, 0.25) is 0 Å². The Morgan fingerprint density at radius 3 is 2.17 bits per heavy atom. The first kappa shape index (κ1) is 29.0. The maximum atomic E-state index is 12.8. The molecule has 2 N–H and O–H groups in total. The first-order valence-electron chi connectivity index (χ1n) is 13.2. The van der Waals surface area contributed by atoms with Gasteiger partial charge in [-0.15, -0.1) is 11.3 Å². The van der Waals surface area contributed by atoms with Gasteiger partial charge in [-0.1, -0.05) is 23.9 Å². The summed E-state index contributed by atoms with van der Waals surface area (Å²) in [6, 6.07) is 25.6. The molecule has 0 saturated carbocycles. The summed E-state index contributed by atoms with van der Waals surface area (Å²) in [4.78, 5) is 30.2. The number of thioether (sulfide) groups is 1. The van der Waals surface area contributed by atoms with E-state index in [9.17, 15) is 9.59 Å². The van der Waals surface area contributed by atoms with Gasteiger partial charge in [-0.05, 0) is 85.3 Å². The highest BCUT2D eigenvalue weighted by Gasteiger charge is 2.13. The number of nitrogens with one attached hydrogen (secondary N) is 2. The lowest BCUT2D eigenvalue weighted by Gasteiger charge is -2.10. The highest BCUT2D eigenvalue weighted by molar-refractivity contribution is 8.00. The summed E-state index contributed by atoms with van der Waals surface area (Å²) in [7, 11) is 3.09. The van der Waals surface area contributed by atoms with E-state index in [0.29, 0.717) is 46.4 Å². The molecule has 0 saturated heterocycles. The molecule has 0 unspecified atom stereocenters. The molecule has 0 aliphatic rings. The number of methoxy groups -OCH3 is 2. The van der Waals surface area contributed by atoms with Crippen LogP contribution in [0, 0.1) is 0 Å². The van der Waals surface area contributed by atoms with Gasteiger partial charge in [-0.25, -0.2) is 4.98 Å². The molecular formula is C32H29N3O5S2. The molecule has 0 aliphatic heterocycles. The molecule has 0 atom stereocenters. The molecule has 2 amide bonds. The number of anilines is 2. The summed E-state index contributed by atoms with van der Waals surface area (Å²) in [6.07, 6.45) is 0. The Morgan fingerprint density at radius 2 is 1.45 bits per heavy atom. The summed E-state index contributed by atoms with van der Waals surface area (Å²) in [6.45, 7) is 2.53. The molecule has 10 heteroatoms.